The Kier molecular flexibility index (Phi) is 9.19. The first-order chi connectivity index (χ1) is 24.6. The Morgan fingerprint density at radius 3 is 2.27 bits per heavy atom. The van der Waals surface area contributed by atoms with Crippen molar-refractivity contribution < 1.29 is 73.2 Å². The van der Waals surface area contributed by atoms with Crippen molar-refractivity contribution in [1.29, 1.82) is 0 Å². The van der Waals surface area contributed by atoms with Crippen LogP contribution in [0.1, 0.15) is 75.4 Å². The van der Waals surface area contributed by atoms with Gasteiger partial charge in [0.1, 0.15) is 36.0 Å². The van der Waals surface area contributed by atoms with Crippen LogP contribution in [0.15, 0.2) is 28.9 Å². The fourth-order valence-corrected chi connectivity index (χ4v) is 7.97. The molecule has 52 heavy (non-hydrogen) atoms. The van der Waals surface area contributed by atoms with E-state index >= 15 is 0 Å². The van der Waals surface area contributed by atoms with Gasteiger partial charge in [-0.05, 0) is 31.0 Å². The molecule has 6 N–H and O–H groups in total. The molecule has 1 saturated heterocycles. The molecule has 276 valence electrons. The van der Waals surface area contributed by atoms with Crippen LogP contribution in [0.25, 0.3) is 0 Å². The maximum Gasteiger partial charge on any atom is 0.341 e. The predicted molar refractivity (Wildman–Crippen MR) is 175 cm³/mol. The lowest BCUT2D eigenvalue weighted by molar-refractivity contribution is -0.181. The van der Waals surface area contributed by atoms with Crippen molar-refractivity contribution in [2.75, 3.05) is 35.2 Å². The van der Waals surface area contributed by atoms with Crippen molar-refractivity contribution in [1.82, 2.24) is 5.32 Å². The summed E-state index contributed by atoms with van der Waals surface area (Å²) < 4.78 is 27.2. The number of esters is 1. The summed E-state index contributed by atoms with van der Waals surface area (Å²) >= 11 is 0. The van der Waals surface area contributed by atoms with E-state index in [0.717, 1.165) is 26.4 Å². The highest BCUT2D eigenvalue weighted by Gasteiger charge is 2.72. The second-order valence-corrected chi connectivity index (χ2v) is 12.7. The molecular formula is C35H36N2O15. The van der Waals surface area contributed by atoms with Crippen LogP contribution in [-0.2, 0) is 35.7 Å². The standard InChI is InChI=1S/C35H36N2O15/c1-12-7-14-8-19(40)35(51-6)31(45)22-16(30(44)34(35,47)23(14)27(43)20(12)33(46)50-5)9-15-21(26(22)42)18(39)10-17(25(15)41)37-32-29(49-4)24(36-11-38)28(48-3)13(2)52-32/h7,9-10,13,19,28-29,32,37-38,40,42-43,47H,8,11H2,1-6H3/t13-,19+,28-,29+,32-,34-,35+/m0/s1. The first-order valence-electron chi connectivity index (χ1n) is 15.9. The number of fused-ring (bicyclic) bond motifs is 5. The number of phenolic OH excluding ortho intramolecular Hbond substituents is 2. The van der Waals surface area contributed by atoms with Gasteiger partial charge in [-0.2, -0.15) is 0 Å². The maximum absolute atomic E-state index is 14.6. The molecule has 1 aliphatic heterocycles. The Labute approximate surface area is 295 Å². The minimum atomic E-state index is -3.24. The van der Waals surface area contributed by atoms with Crippen LogP contribution in [0.2, 0.25) is 0 Å². The number of hydrogen-bond donors (Lipinski definition) is 6. The molecule has 0 radical (unpaired) electrons. The van der Waals surface area contributed by atoms with Crippen LogP contribution < -0.4 is 5.32 Å². The number of carbonyl (C=O) groups excluding carboxylic acids is 5. The van der Waals surface area contributed by atoms with Crippen molar-refractivity contribution >= 4 is 34.8 Å². The molecule has 0 bridgehead atoms. The number of carbonyl (C=O) groups is 5. The summed E-state index contributed by atoms with van der Waals surface area (Å²) in [5, 5.41) is 59.2. The average Bonchev–Trinajstić information content (AvgIpc) is 3.09. The summed E-state index contributed by atoms with van der Waals surface area (Å²) in [5.74, 6) is -7.69. The van der Waals surface area contributed by atoms with Crippen molar-refractivity contribution in [3.05, 3.63) is 68.4 Å². The number of Topliss-reactive ketones (excluding diaryl/α,β-unsaturated/α-hetero) is 3. The molecule has 17 nitrogen and oxygen atoms in total. The monoisotopic (exact) mass is 724 g/mol. The summed E-state index contributed by atoms with van der Waals surface area (Å²) in [6.07, 6.45) is -5.20. The zero-order valence-electron chi connectivity index (χ0n) is 28.8. The van der Waals surface area contributed by atoms with E-state index in [1.807, 2.05) is 0 Å². The minimum absolute atomic E-state index is 0.00740. The summed E-state index contributed by atoms with van der Waals surface area (Å²) in [5.41, 5.74) is -9.92. The number of hydrogen-bond acceptors (Lipinski definition) is 17. The summed E-state index contributed by atoms with van der Waals surface area (Å²) in [4.78, 5) is 73.5. The van der Waals surface area contributed by atoms with E-state index in [1.165, 1.54) is 27.2 Å². The zero-order valence-corrected chi connectivity index (χ0v) is 28.8. The minimum Gasteiger partial charge on any atom is -0.507 e. The topological polar surface area (TPSA) is 257 Å². The lowest BCUT2D eigenvalue weighted by Crippen LogP contribution is -2.73. The number of benzene rings is 2. The van der Waals surface area contributed by atoms with E-state index in [2.05, 4.69) is 10.3 Å². The van der Waals surface area contributed by atoms with Crippen molar-refractivity contribution in [3.8, 4) is 11.5 Å². The van der Waals surface area contributed by atoms with Crippen molar-refractivity contribution in [2.24, 2.45) is 4.99 Å². The number of aliphatic hydroxyl groups excluding tert-OH is 2. The molecule has 3 aliphatic carbocycles. The van der Waals surface area contributed by atoms with Gasteiger partial charge in [-0.3, -0.25) is 24.2 Å². The third-order valence-electron chi connectivity index (χ3n) is 10.2. The molecule has 17 heteroatoms. The van der Waals surface area contributed by atoms with E-state index in [0.29, 0.717) is 0 Å². The molecule has 0 aromatic heterocycles. The largest absolute Gasteiger partial charge is 0.507 e. The van der Waals surface area contributed by atoms with E-state index in [4.69, 9.17) is 23.7 Å². The SMILES string of the molecule is COC(=O)c1c(C)cc2c(c1O)[C@]1(O)C(=O)c3cc4c(c(O)c3C(=O)[C@]1(OC)[C@H](O)C2)C(=O)C=C(N[C@H]1O[C@@H](C)[C@H](OC)C(=NCO)[C@H]1OC)C4=O. The molecule has 6 rings (SSSR count). The van der Waals surface area contributed by atoms with Gasteiger partial charge in [0.05, 0.1) is 41.9 Å². The number of ketones is 4. The number of rotatable bonds is 7. The number of phenols is 2. The van der Waals surface area contributed by atoms with Gasteiger partial charge >= 0.3 is 5.97 Å². The number of aliphatic hydroxyl groups is 3. The van der Waals surface area contributed by atoms with E-state index in [9.17, 15) is 49.5 Å². The van der Waals surface area contributed by atoms with Gasteiger partial charge in [0.25, 0.3) is 0 Å². The molecule has 1 fully saturated rings. The van der Waals surface area contributed by atoms with Crippen LogP contribution in [-0.4, -0.2) is 132 Å². The molecule has 4 aliphatic rings. The van der Waals surface area contributed by atoms with Gasteiger partial charge in [0.15, 0.2) is 23.2 Å². The van der Waals surface area contributed by atoms with Gasteiger partial charge in [-0.1, -0.05) is 6.07 Å². The number of ether oxygens (including phenoxy) is 5. The van der Waals surface area contributed by atoms with Gasteiger partial charge in [-0.25, -0.2) is 4.79 Å². The molecule has 0 saturated carbocycles. The number of aryl methyl sites for hydroxylation is 1. The van der Waals surface area contributed by atoms with E-state index < -0.39 is 129 Å². The van der Waals surface area contributed by atoms with Crippen LogP contribution >= 0.6 is 0 Å². The fraction of sp³-hybridized carbons (Fsp3) is 0.429. The first kappa shape index (κ1) is 36.9. The quantitative estimate of drug-likeness (QED) is 0.202. The third-order valence-corrected chi connectivity index (χ3v) is 10.2. The van der Waals surface area contributed by atoms with Crippen LogP contribution in [0, 0.1) is 6.92 Å². The number of nitrogens with one attached hydrogen (secondary N) is 1. The van der Waals surface area contributed by atoms with Gasteiger partial charge < -0.3 is 54.5 Å². The number of methoxy groups -OCH3 is 4. The molecule has 0 spiro atoms. The maximum atomic E-state index is 14.6. The molecular weight excluding hydrogens is 688 g/mol. The Bertz CT molecular complexity index is 2020. The number of aliphatic imine (C=N–C) groups is 1. The Morgan fingerprint density at radius 1 is 1.00 bits per heavy atom. The molecule has 1 heterocycles. The molecule has 7 atom stereocenters. The highest BCUT2D eigenvalue weighted by atomic mass is 16.6. The highest BCUT2D eigenvalue weighted by Crippen LogP contribution is 2.56. The van der Waals surface area contributed by atoms with Crippen molar-refractivity contribution in [3.63, 3.8) is 0 Å². The van der Waals surface area contributed by atoms with Gasteiger partial charge in [0, 0.05) is 50.5 Å². The fourth-order valence-electron chi connectivity index (χ4n) is 7.97. The highest BCUT2D eigenvalue weighted by molar-refractivity contribution is 6.31. The third kappa shape index (κ3) is 4.74. The average molecular weight is 725 g/mol. The number of nitrogens with zero attached hydrogens (tertiary/aromatic N) is 1. The van der Waals surface area contributed by atoms with Crippen LogP contribution in [0.3, 0.4) is 0 Å². The molecule has 0 amide bonds. The Balaban J connectivity index is 1.51. The van der Waals surface area contributed by atoms with Crippen LogP contribution in [0.5, 0.6) is 11.5 Å². The normalized spacial score (nSPS) is 30.3. The van der Waals surface area contributed by atoms with Crippen molar-refractivity contribution in [2.45, 2.75) is 62.1 Å². The second-order valence-electron chi connectivity index (χ2n) is 12.7. The Hall–Kier alpha value is -4.88. The molecule has 2 aromatic rings. The van der Waals surface area contributed by atoms with E-state index in [1.54, 1.807) is 6.92 Å². The Morgan fingerprint density at radius 2 is 1.67 bits per heavy atom. The van der Waals surface area contributed by atoms with Gasteiger partial charge in [0.2, 0.25) is 17.3 Å². The second kappa shape index (κ2) is 13.0. The predicted octanol–water partition coefficient (Wildman–Crippen LogP) is -0.220. The number of aromatic hydroxyl groups is 2. The smallest absolute Gasteiger partial charge is 0.341 e. The lowest BCUT2D eigenvalue weighted by atomic mass is 9.56. The first-order valence-corrected chi connectivity index (χ1v) is 15.9. The lowest BCUT2D eigenvalue weighted by Gasteiger charge is -2.52. The summed E-state index contributed by atoms with van der Waals surface area (Å²) in [7, 11) is 4.68. The number of allylic oxidation sites excluding steroid dienone is 2. The van der Waals surface area contributed by atoms with Crippen LogP contribution in [0.4, 0.5) is 0 Å². The van der Waals surface area contributed by atoms with Gasteiger partial charge in [-0.15, -0.1) is 0 Å². The molecule has 0 unspecified atom stereocenters. The van der Waals surface area contributed by atoms with E-state index in [-0.39, 0.29) is 22.5 Å². The molecule has 2 aromatic carbocycles. The zero-order chi connectivity index (χ0) is 38.2. The summed E-state index contributed by atoms with van der Waals surface area (Å²) in [6.45, 7) is 2.48. The summed E-state index contributed by atoms with van der Waals surface area (Å²) in [6, 6.07) is 2.18.